The average molecular weight is 414 g/mol. The number of aliphatic imine (C=N–C) groups is 1. The molecule has 0 aromatic heterocycles. The third-order valence-corrected chi connectivity index (χ3v) is 3.28. The number of hydrogen-bond donors (Lipinski definition) is 2. The second-order valence-electron chi connectivity index (χ2n) is 4.90. The fraction of sp³-hybridized carbons (Fsp3) is 0.375. The molecule has 1 aromatic rings. The fourth-order valence-corrected chi connectivity index (χ4v) is 2.18. The van der Waals surface area contributed by atoms with Gasteiger partial charge in [0.15, 0.2) is 5.96 Å². The van der Waals surface area contributed by atoms with Crippen molar-refractivity contribution in [2.24, 2.45) is 4.99 Å². The molecule has 2 rings (SSSR count). The molecule has 0 amide bonds. The monoisotopic (exact) mass is 414 g/mol. The van der Waals surface area contributed by atoms with Crippen molar-refractivity contribution in [1.82, 2.24) is 10.6 Å². The van der Waals surface area contributed by atoms with E-state index in [2.05, 4.69) is 27.8 Å². The van der Waals surface area contributed by atoms with E-state index in [1.165, 1.54) is 12.1 Å². The Morgan fingerprint density at radius 1 is 1.41 bits per heavy atom. The Kier molecular flexibility index (Phi) is 7.88. The quantitative estimate of drug-likeness (QED) is 0.345. The van der Waals surface area contributed by atoms with Crippen LogP contribution in [-0.2, 0) is 6.54 Å². The molecular formula is C16H20FIN4. The van der Waals surface area contributed by atoms with E-state index < -0.39 is 0 Å². The smallest absolute Gasteiger partial charge is 0.191 e. The molecular weight excluding hydrogens is 394 g/mol. The maximum Gasteiger partial charge on any atom is 0.191 e. The maximum atomic E-state index is 13.7. The van der Waals surface area contributed by atoms with Crippen molar-refractivity contribution in [3.05, 3.63) is 47.3 Å². The first-order valence-corrected chi connectivity index (χ1v) is 7.11. The Hall–Kier alpha value is -1.62. The third-order valence-electron chi connectivity index (χ3n) is 3.28. The van der Waals surface area contributed by atoms with E-state index in [1.807, 2.05) is 13.0 Å². The third kappa shape index (κ3) is 5.30. The van der Waals surface area contributed by atoms with Crippen LogP contribution < -0.4 is 10.6 Å². The van der Waals surface area contributed by atoms with Crippen LogP contribution in [0.25, 0.3) is 0 Å². The van der Waals surface area contributed by atoms with Gasteiger partial charge in [-0.05, 0) is 38.0 Å². The molecule has 2 N–H and O–H groups in total. The van der Waals surface area contributed by atoms with E-state index in [-0.39, 0.29) is 36.3 Å². The molecule has 1 aliphatic carbocycles. The number of nitriles is 1. The number of nitrogens with zero attached hydrogens (tertiary/aromatic N) is 2. The standard InChI is InChI=1S/C16H19FN4.HI/c1-2-19-16(21-14-5-3-4-6-14)20-11-13-9-12(10-18)7-8-15(13)17;/h3-4,7-9,14H,2,5-6,11H2,1H3,(H2,19,20,21);1H. The van der Waals surface area contributed by atoms with Crippen LogP contribution in [0, 0.1) is 17.1 Å². The molecule has 0 unspecified atom stereocenters. The molecule has 6 heteroatoms. The average Bonchev–Trinajstić information content (AvgIpc) is 2.99. The van der Waals surface area contributed by atoms with Crippen LogP contribution in [0.4, 0.5) is 4.39 Å². The predicted octanol–water partition coefficient (Wildman–Crippen LogP) is 3.09. The molecule has 22 heavy (non-hydrogen) atoms. The van der Waals surface area contributed by atoms with Crippen molar-refractivity contribution in [1.29, 1.82) is 5.26 Å². The second-order valence-corrected chi connectivity index (χ2v) is 4.90. The molecule has 0 fully saturated rings. The highest BCUT2D eigenvalue weighted by Gasteiger charge is 2.11. The molecule has 0 bridgehead atoms. The lowest BCUT2D eigenvalue weighted by Crippen LogP contribution is -2.42. The van der Waals surface area contributed by atoms with E-state index in [0.29, 0.717) is 23.1 Å². The zero-order chi connectivity index (χ0) is 15.1. The fourth-order valence-electron chi connectivity index (χ4n) is 2.18. The molecule has 0 aliphatic heterocycles. The van der Waals surface area contributed by atoms with Gasteiger partial charge in [-0.2, -0.15) is 5.26 Å². The van der Waals surface area contributed by atoms with Gasteiger partial charge in [-0.15, -0.1) is 24.0 Å². The number of nitrogens with one attached hydrogen (secondary N) is 2. The number of benzene rings is 1. The van der Waals surface area contributed by atoms with Crippen molar-refractivity contribution in [3.8, 4) is 6.07 Å². The Morgan fingerprint density at radius 3 is 2.77 bits per heavy atom. The summed E-state index contributed by atoms with van der Waals surface area (Å²) in [6.07, 6.45) is 6.22. The summed E-state index contributed by atoms with van der Waals surface area (Å²) >= 11 is 0. The minimum atomic E-state index is -0.337. The van der Waals surface area contributed by atoms with Gasteiger partial charge in [0.05, 0.1) is 18.2 Å². The highest BCUT2D eigenvalue weighted by molar-refractivity contribution is 14.0. The predicted molar refractivity (Wildman–Crippen MR) is 96.6 cm³/mol. The van der Waals surface area contributed by atoms with Crippen LogP contribution >= 0.6 is 24.0 Å². The van der Waals surface area contributed by atoms with Crippen LogP contribution in [0.5, 0.6) is 0 Å². The van der Waals surface area contributed by atoms with Crippen molar-refractivity contribution in [2.75, 3.05) is 6.54 Å². The van der Waals surface area contributed by atoms with E-state index >= 15 is 0 Å². The molecule has 0 saturated heterocycles. The topological polar surface area (TPSA) is 60.2 Å². The number of halogens is 2. The number of hydrogen-bond acceptors (Lipinski definition) is 2. The zero-order valence-corrected chi connectivity index (χ0v) is 14.8. The molecule has 118 valence electrons. The van der Waals surface area contributed by atoms with Gasteiger partial charge < -0.3 is 10.6 Å². The molecule has 0 atom stereocenters. The summed E-state index contributed by atoms with van der Waals surface area (Å²) in [6, 6.07) is 6.68. The summed E-state index contributed by atoms with van der Waals surface area (Å²) in [5.41, 5.74) is 0.871. The molecule has 0 heterocycles. The molecule has 1 aliphatic rings. The number of guanidine groups is 1. The van der Waals surface area contributed by atoms with Crippen molar-refractivity contribution in [2.45, 2.75) is 32.4 Å². The molecule has 0 saturated carbocycles. The van der Waals surface area contributed by atoms with Gasteiger partial charge >= 0.3 is 0 Å². The summed E-state index contributed by atoms with van der Waals surface area (Å²) in [4.78, 5) is 4.40. The van der Waals surface area contributed by atoms with Crippen LogP contribution in [0.2, 0.25) is 0 Å². The largest absolute Gasteiger partial charge is 0.357 e. The van der Waals surface area contributed by atoms with Crippen LogP contribution in [0.1, 0.15) is 30.9 Å². The summed E-state index contributed by atoms with van der Waals surface area (Å²) in [5.74, 6) is 0.337. The minimum Gasteiger partial charge on any atom is -0.357 e. The Morgan fingerprint density at radius 2 is 2.14 bits per heavy atom. The van der Waals surface area contributed by atoms with E-state index in [4.69, 9.17) is 5.26 Å². The van der Waals surface area contributed by atoms with E-state index in [0.717, 1.165) is 19.4 Å². The van der Waals surface area contributed by atoms with Gasteiger partial charge in [0.25, 0.3) is 0 Å². The Balaban J connectivity index is 0.00000242. The molecule has 0 spiro atoms. The van der Waals surface area contributed by atoms with E-state index in [9.17, 15) is 4.39 Å². The van der Waals surface area contributed by atoms with Gasteiger partial charge in [-0.25, -0.2) is 9.38 Å². The first-order valence-electron chi connectivity index (χ1n) is 7.11. The summed E-state index contributed by atoms with van der Waals surface area (Å²) in [7, 11) is 0. The van der Waals surface area contributed by atoms with Crippen LogP contribution in [0.15, 0.2) is 35.3 Å². The minimum absolute atomic E-state index is 0. The zero-order valence-electron chi connectivity index (χ0n) is 12.5. The molecule has 1 aromatic carbocycles. The number of rotatable bonds is 4. The second kappa shape index (κ2) is 9.41. The highest BCUT2D eigenvalue weighted by Crippen LogP contribution is 2.12. The highest BCUT2D eigenvalue weighted by atomic mass is 127. The van der Waals surface area contributed by atoms with E-state index in [1.54, 1.807) is 6.07 Å². The first-order chi connectivity index (χ1) is 10.2. The van der Waals surface area contributed by atoms with Gasteiger partial charge in [-0.1, -0.05) is 12.2 Å². The van der Waals surface area contributed by atoms with Crippen molar-refractivity contribution < 1.29 is 4.39 Å². The van der Waals surface area contributed by atoms with Gasteiger partial charge in [-0.3, -0.25) is 0 Å². The van der Waals surface area contributed by atoms with Crippen molar-refractivity contribution in [3.63, 3.8) is 0 Å². The van der Waals surface area contributed by atoms with Crippen LogP contribution in [-0.4, -0.2) is 18.5 Å². The summed E-state index contributed by atoms with van der Waals surface area (Å²) < 4.78 is 13.7. The van der Waals surface area contributed by atoms with Gasteiger partial charge in [0, 0.05) is 18.2 Å². The normalized spacial score (nSPS) is 14.3. The lowest BCUT2D eigenvalue weighted by molar-refractivity contribution is 0.607. The Labute approximate surface area is 147 Å². The molecule has 0 radical (unpaired) electrons. The van der Waals surface area contributed by atoms with Crippen molar-refractivity contribution >= 4 is 29.9 Å². The lowest BCUT2D eigenvalue weighted by atomic mass is 10.1. The van der Waals surface area contributed by atoms with Crippen LogP contribution in [0.3, 0.4) is 0 Å². The Bertz CT molecular complexity index is 584. The maximum absolute atomic E-state index is 13.7. The summed E-state index contributed by atoms with van der Waals surface area (Å²) in [6.45, 7) is 2.94. The van der Waals surface area contributed by atoms with Gasteiger partial charge in [0.1, 0.15) is 5.82 Å². The molecule has 4 nitrogen and oxygen atoms in total. The van der Waals surface area contributed by atoms with Gasteiger partial charge in [0.2, 0.25) is 0 Å². The first kappa shape index (κ1) is 18.4. The lowest BCUT2D eigenvalue weighted by Gasteiger charge is -2.16. The SMILES string of the molecule is CCNC(=NCc1cc(C#N)ccc1F)NC1CC=CC1.I. The summed E-state index contributed by atoms with van der Waals surface area (Å²) in [5, 5.41) is 15.3.